The smallest absolute Gasteiger partial charge is 0.220 e. The van der Waals surface area contributed by atoms with Crippen molar-refractivity contribution in [2.75, 3.05) is 26.4 Å². The third kappa shape index (κ3) is 36.3. The van der Waals surface area contributed by atoms with Crippen molar-refractivity contribution in [3.05, 3.63) is 109 Å². The molecule has 0 aromatic rings. The van der Waals surface area contributed by atoms with Crippen LogP contribution in [0.1, 0.15) is 226 Å². The van der Waals surface area contributed by atoms with Crippen molar-refractivity contribution in [1.29, 1.82) is 0 Å². The molecule has 0 aromatic carbocycles. The summed E-state index contributed by atoms with van der Waals surface area (Å²) in [5, 5.41) is 121. The molecule has 0 spiro atoms. The summed E-state index contributed by atoms with van der Waals surface area (Å²) in [7, 11) is 0. The Bertz CT molecular complexity index is 2130. The van der Waals surface area contributed by atoms with Crippen LogP contribution in [0.2, 0.25) is 0 Å². The first-order valence-corrected chi connectivity index (χ1v) is 36.1. The maximum atomic E-state index is 13.4. The summed E-state index contributed by atoms with van der Waals surface area (Å²) in [5.74, 6) is -0.335. The lowest BCUT2D eigenvalue weighted by Gasteiger charge is -2.48. The van der Waals surface area contributed by atoms with E-state index < -0.39 is 131 Å². The SMILES string of the molecule is CC/C=C\C/C=C\C/C=C\C/C=C\C/C=C\C/C=C\CCCCC(=O)NC(COC1OC(CO)C(OC2OC(CO)C(OC3OC(CO)C(O)C(O)C3O)C(O)C2O)C(O)C1O)C(O)/C=C/CC/C=C/CC/C=C/CCCCCCCCCCCCCCCCCCCC. The average Bonchev–Trinajstić information content (AvgIpc) is 0.787. The molecule has 17 atom stereocenters. The highest BCUT2D eigenvalue weighted by molar-refractivity contribution is 5.76. The maximum absolute atomic E-state index is 13.4. The van der Waals surface area contributed by atoms with Gasteiger partial charge in [0, 0.05) is 6.42 Å². The maximum Gasteiger partial charge on any atom is 0.220 e. The van der Waals surface area contributed by atoms with Gasteiger partial charge in [-0.1, -0.05) is 232 Å². The van der Waals surface area contributed by atoms with Crippen LogP contribution in [0.4, 0.5) is 0 Å². The molecule has 3 rings (SSSR count). The van der Waals surface area contributed by atoms with E-state index in [1.807, 2.05) is 6.08 Å². The molecule has 0 radical (unpaired) electrons. The Morgan fingerprint density at radius 3 is 1.19 bits per heavy atom. The van der Waals surface area contributed by atoms with Gasteiger partial charge in [0.05, 0.1) is 38.6 Å². The van der Waals surface area contributed by atoms with Crippen LogP contribution in [0.25, 0.3) is 0 Å². The summed E-state index contributed by atoms with van der Waals surface area (Å²) in [4.78, 5) is 13.4. The minimum absolute atomic E-state index is 0.170. The number of ether oxygens (including phenoxy) is 6. The lowest BCUT2D eigenvalue weighted by atomic mass is 9.96. The average molecular weight is 1330 g/mol. The first-order chi connectivity index (χ1) is 45.8. The fourth-order valence-corrected chi connectivity index (χ4v) is 11.5. The second-order valence-corrected chi connectivity index (χ2v) is 25.3. The highest BCUT2D eigenvalue weighted by Gasteiger charge is 2.53. The highest BCUT2D eigenvalue weighted by Crippen LogP contribution is 2.33. The van der Waals surface area contributed by atoms with Gasteiger partial charge in [-0.25, -0.2) is 0 Å². The number of allylic oxidation sites excluding steroid dienone is 17. The van der Waals surface area contributed by atoms with Gasteiger partial charge in [-0.15, -0.1) is 0 Å². The number of carbonyl (C=O) groups excluding carboxylic acids is 1. The van der Waals surface area contributed by atoms with E-state index >= 15 is 0 Å². The molecular formula is C75H127NO18. The van der Waals surface area contributed by atoms with Gasteiger partial charge in [0.1, 0.15) is 73.2 Å². The van der Waals surface area contributed by atoms with Gasteiger partial charge in [0.2, 0.25) is 5.91 Å². The molecule has 0 saturated carbocycles. The molecule has 1 amide bonds. The normalized spacial score (nSPS) is 28.0. The molecule has 12 N–H and O–H groups in total. The minimum atomic E-state index is -1.99. The van der Waals surface area contributed by atoms with Crippen molar-refractivity contribution in [2.24, 2.45) is 0 Å². The van der Waals surface area contributed by atoms with Crippen molar-refractivity contribution < 1.29 is 89.4 Å². The van der Waals surface area contributed by atoms with E-state index in [-0.39, 0.29) is 12.3 Å². The number of carbonyl (C=O) groups is 1. The van der Waals surface area contributed by atoms with Gasteiger partial charge in [-0.3, -0.25) is 4.79 Å². The van der Waals surface area contributed by atoms with Crippen molar-refractivity contribution in [3.8, 4) is 0 Å². The summed E-state index contributed by atoms with van der Waals surface area (Å²) in [6.45, 7) is 1.56. The molecule has 3 heterocycles. The zero-order chi connectivity index (χ0) is 68.2. The van der Waals surface area contributed by atoms with E-state index in [4.69, 9.17) is 28.4 Å². The number of aliphatic hydroxyl groups is 11. The standard InChI is InChI=1S/C75H127NO18/c1-3-5-7-9-11-13-15-17-19-21-23-25-26-27-28-29-30-31-33-34-36-38-40-42-44-46-48-50-52-59(80)58(76-63(81)53-51-49-47-45-43-41-39-37-35-32-24-22-20-18-16-14-12-10-8-6-4-2)57-89-73-69(87)66(84)71(61(55-78)91-73)94-75-70(88)67(85)72(62(56-79)92-75)93-74-68(86)65(83)64(82)60(54-77)90-74/h6,8,12,14,18,20,24,32,34,36-37,39,42-45,50,52,58-62,64-75,77-80,82-88H,3-5,7,9-11,13,15-17,19,21-23,25-31,33,35,38,40-41,46-49,51,53-57H2,1-2H3,(H,76,81)/b8-6-,14-12-,20-18-,32-24-,36-34+,39-37-,44-42+,45-43-,52-50+. The molecule has 0 bridgehead atoms. The van der Waals surface area contributed by atoms with Crippen LogP contribution in [-0.4, -0.2) is 193 Å². The topological polar surface area (TPSA) is 307 Å². The molecule has 94 heavy (non-hydrogen) atoms. The van der Waals surface area contributed by atoms with Gasteiger partial charge in [-0.2, -0.15) is 0 Å². The lowest BCUT2D eigenvalue weighted by Crippen LogP contribution is -2.66. The molecule has 0 aliphatic carbocycles. The van der Waals surface area contributed by atoms with Gasteiger partial charge in [0.15, 0.2) is 18.9 Å². The summed E-state index contributed by atoms with van der Waals surface area (Å²) < 4.78 is 34.3. The fourth-order valence-electron chi connectivity index (χ4n) is 11.5. The van der Waals surface area contributed by atoms with E-state index in [0.29, 0.717) is 12.8 Å². The van der Waals surface area contributed by atoms with Gasteiger partial charge in [-0.05, 0) is 96.3 Å². The Morgan fingerprint density at radius 1 is 0.394 bits per heavy atom. The predicted molar refractivity (Wildman–Crippen MR) is 369 cm³/mol. The van der Waals surface area contributed by atoms with E-state index in [1.165, 1.54) is 116 Å². The predicted octanol–water partition coefficient (Wildman–Crippen LogP) is 10.2. The number of amides is 1. The third-order valence-electron chi connectivity index (χ3n) is 17.3. The number of rotatable bonds is 54. The van der Waals surface area contributed by atoms with Crippen LogP contribution in [0.5, 0.6) is 0 Å². The van der Waals surface area contributed by atoms with E-state index in [0.717, 1.165) is 77.0 Å². The van der Waals surface area contributed by atoms with E-state index in [1.54, 1.807) is 6.08 Å². The van der Waals surface area contributed by atoms with Gasteiger partial charge >= 0.3 is 0 Å². The molecule has 3 saturated heterocycles. The van der Waals surface area contributed by atoms with Gasteiger partial charge < -0.3 is 89.9 Å². The number of nitrogens with one attached hydrogen (secondary N) is 1. The lowest BCUT2D eigenvalue weighted by molar-refractivity contribution is -0.379. The second-order valence-electron chi connectivity index (χ2n) is 25.3. The molecule has 19 heteroatoms. The molecule has 3 aliphatic heterocycles. The Hall–Kier alpha value is -3.55. The van der Waals surface area contributed by atoms with Crippen molar-refractivity contribution in [1.82, 2.24) is 5.32 Å². The van der Waals surface area contributed by atoms with Crippen LogP contribution in [0.15, 0.2) is 109 Å². The first kappa shape index (κ1) is 84.7. The molecule has 19 nitrogen and oxygen atoms in total. The van der Waals surface area contributed by atoms with Crippen molar-refractivity contribution >= 4 is 5.91 Å². The Balaban J connectivity index is 1.46. The molecule has 3 aliphatic rings. The summed E-state index contributed by atoms with van der Waals surface area (Å²) in [5.41, 5.74) is 0. The quantitative estimate of drug-likeness (QED) is 0.0199. The molecule has 3 fully saturated rings. The zero-order valence-electron chi connectivity index (χ0n) is 57.1. The summed E-state index contributed by atoms with van der Waals surface area (Å²) in [6.07, 6.45) is 47.9. The number of hydrogen-bond donors (Lipinski definition) is 12. The number of hydrogen-bond acceptors (Lipinski definition) is 18. The molecule has 17 unspecified atom stereocenters. The van der Waals surface area contributed by atoms with Crippen LogP contribution in [0.3, 0.4) is 0 Å². The zero-order valence-corrected chi connectivity index (χ0v) is 57.1. The van der Waals surface area contributed by atoms with Crippen molar-refractivity contribution in [3.63, 3.8) is 0 Å². The largest absolute Gasteiger partial charge is 0.394 e. The first-order valence-electron chi connectivity index (χ1n) is 36.1. The molecular weight excluding hydrogens is 1200 g/mol. The van der Waals surface area contributed by atoms with Crippen LogP contribution < -0.4 is 5.32 Å². The minimum Gasteiger partial charge on any atom is -0.394 e. The second kappa shape index (κ2) is 55.3. The third-order valence-corrected chi connectivity index (χ3v) is 17.3. The molecule has 540 valence electrons. The Morgan fingerprint density at radius 2 is 0.745 bits per heavy atom. The summed E-state index contributed by atoms with van der Waals surface area (Å²) in [6, 6.07) is -1.03. The fraction of sp³-hybridized carbons (Fsp3) is 0.747. The van der Waals surface area contributed by atoms with E-state index in [2.05, 4.69) is 116 Å². The van der Waals surface area contributed by atoms with Crippen LogP contribution in [-0.2, 0) is 33.2 Å². The van der Waals surface area contributed by atoms with E-state index in [9.17, 15) is 61.0 Å². The Kier molecular flexibility index (Phi) is 49.9. The van der Waals surface area contributed by atoms with Crippen LogP contribution in [0, 0.1) is 0 Å². The molecule has 0 aromatic heterocycles. The number of aliphatic hydroxyl groups excluding tert-OH is 11. The summed E-state index contributed by atoms with van der Waals surface area (Å²) >= 11 is 0. The number of unbranched alkanes of at least 4 members (excludes halogenated alkanes) is 22. The Labute approximate surface area is 564 Å². The van der Waals surface area contributed by atoms with Gasteiger partial charge in [0.25, 0.3) is 0 Å². The monoisotopic (exact) mass is 1330 g/mol. The van der Waals surface area contributed by atoms with Crippen molar-refractivity contribution in [2.45, 2.75) is 330 Å². The van der Waals surface area contributed by atoms with Crippen LogP contribution >= 0.6 is 0 Å². The highest BCUT2D eigenvalue weighted by atomic mass is 16.8.